The lowest BCUT2D eigenvalue weighted by Gasteiger charge is -2.18. The van der Waals surface area contributed by atoms with Gasteiger partial charge in [-0.25, -0.2) is 9.37 Å². The minimum atomic E-state index is -0.236. The van der Waals surface area contributed by atoms with Crippen molar-refractivity contribution < 1.29 is 9.13 Å². The van der Waals surface area contributed by atoms with Crippen LogP contribution in [0.25, 0.3) is 11.0 Å². The number of hydrogen-bond donors (Lipinski definition) is 0. The van der Waals surface area contributed by atoms with Crippen molar-refractivity contribution in [3.8, 4) is 0 Å². The lowest BCUT2D eigenvalue weighted by Crippen LogP contribution is -2.12. The van der Waals surface area contributed by atoms with Gasteiger partial charge in [0.2, 0.25) is 0 Å². The lowest BCUT2D eigenvalue weighted by atomic mass is 10.2. The second-order valence-electron chi connectivity index (χ2n) is 5.18. The summed E-state index contributed by atoms with van der Waals surface area (Å²) in [7, 11) is 1.68. The van der Waals surface area contributed by atoms with E-state index in [9.17, 15) is 4.39 Å². The fraction of sp³-hybridized carbons (Fsp3) is 0.533. The van der Waals surface area contributed by atoms with Crippen molar-refractivity contribution in [3.63, 3.8) is 0 Å². The maximum Gasteiger partial charge on any atom is 0.128 e. The fourth-order valence-electron chi connectivity index (χ4n) is 2.40. The summed E-state index contributed by atoms with van der Waals surface area (Å²) in [5, 5.41) is -0.226. The van der Waals surface area contributed by atoms with Crippen LogP contribution in [0.1, 0.15) is 43.1 Å². The van der Waals surface area contributed by atoms with E-state index in [2.05, 4.69) is 16.5 Å². The second kappa shape index (κ2) is 6.10. The average molecular weight is 299 g/mol. The first-order chi connectivity index (χ1) is 9.45. The first-order valence-corrected chi connectivity index (χ1v) is 7.20. The van der Waals surface area contributed by atoms with Gasteiger partial charge in [-0.1, -0.05) is 0 Å². The molecule has 0 fully saturated rings. The molecule has 2 unspecified atom stereocenters. The van der Waals surface area contributed by atoms with Crippen molar-refractivity contribution in [3.05, 3.63) is 29.3 Å². The van der Waals surface area contributed by atoms with Crippen molar-refractivity contribution in [2.45, 2.75) is 38.6 Å². The van der Waals surface area contributed by atoms with Crippen LogP contribution >= 0.6 is 11.6 Å². The Balaban J connectivity index is 2.58. The Hall–Kier alpha value is -1.13. The zero-order chi connectivity index (χ0) is 14.9. The molecule has 0 aliphatic heterocycles. The second-order valence-corrected chi connectivity index (χ2v) is 5.83. The van der Waals surface area contributed by atoms with E-state index in [4.69, 9.17) is 16.3 Å². The summed E-state index contributed by atoms with van der Waals surface area (Å²) in [5.41, 5.74) is 2.20. The largest absolute Gasteiger partial charge is 0.385 e. The lowest BCUT2D eigenvalue weighted by molar-refractivity contribution is 0.181. The van der Waals surface area contributed by atoms with Gasteiger partial charge in [0.05, 0.1) is 16.4 Å². The number of imidazole rings is 1. The number of nitrogens with zero attached hydrogens (tertiary/aromatic N) is 2. The Morgan fingerprint density at radius 1 is 1.40 bits per heavy atom. The van der Waals surface area contributed by atoms with Crippen molar-refractivity contribution in [2.24, 2.45) is 0 Å². The highest BCUT2D eigenvalue weighted by Crippen LogP contribution is 2.30. The van der Waals surface area contributed by atoms with Crippen LogP contribution in [0.5, 0.6) is 0 Å². The molecule has 0 radical (unpaired) electrons. The molecule has 1 aromatic carbocycles. The number of fused-ring (bicyclic) bond motifs is 1. The van der Waals surface area contributed by atoms with Gasteiger partial charge >= 0.3 is 0 Å². The predicted octanol–water partition coefficient (Wildman–Crippen LogP) is 4.38. The molecule has 1 aromatic heterocycles. The molecule has 1 heterocycles. The summed E-state index contributed by atoms with van der Waals surface area (Å²) in [4.78, 5) is 4.49. The van der Waals surface area contributed by atoms with Crippen LogP contribution in [0.4, 0.5) is 4.39 Å². The number of benzene rings is 1. The molecule has 2 atom stereocenters. The van der Waals surface area contributed by atoms with Crippen LogP contribution in [0.2, 0.25) is 0 Å². The minimum absolute atomic E-state index is 0.195. The molecule has 0 amide bonds. The smallest absolute Gasteiger partial charge is 0.128 e. The van der Waals surface area contributed by atoms with Gasteiger partial charge in [0.1, 0.15) is 11.6 Å². The molecule has 0 bridgehead atoms. The standard InChI is InChI=1S/C15H20ClFN2O/c1-9-7-14-13(8-12(9)17)18-15(11(3)16)19(14)10(2)5-6-20-4/h7-8,10-11H,5-6H2,1-4H3. The van der Waals surface area contributed by atoms with Crippen molar-refractivity contribution in [1.29, 1.82) is 0 Å². The van der Waals surface area contributed by atoms with Crippen molar-refractivity contribution in [1.82, 2.24) is 9.55 Å². The molecule has 0 saturated carbocycles. The molecule has 5 heteroatoms. The first-order valence-electron chi connectivity index (χ1n) is 6.76. The Morgan fingerprint density at radius 3 is 2.70 bits per heavy atom. The molecule has 2 aromatic rings. The van der Waals surface area contributed by atoms with E-state index in [-0.39, 0.29) is 17.2 Å². The highest BCUT2D eigenvalue weighted by atomic mass is 35.5. The molecule has 3 nitrogen and oxygen atoms in total. The van der Waals surface area contributed by atoms with Crippen LogP contribution in [0.3, 0.4) is 0 Å². The highest BCUT2D eigenvalue weighted by molar-refractivity contribution is 6.20. The van der Waals surface area contributed by atoms with Crippen LogP contribution in [-0.2, 0) is 4.74 Å². The van der Waals surface area contributed by atoms with E-state index < -0.39 is 0 Å². The maximum atomic E-state index is 13.7. The molecule has 110 valence electrons. The maximum absolute atomic E-state index is 13.7. The molecular weight excluding hydrogens is 279 g/mol. The Kier molecular flexibility index (Phi) is 4.66. The third-order valence-electron chi connectivity index (χ3n) is 3.53. The molecular formula is C15H20ClFN2O. The van der Waals surface area contributed by atoms with E-state index in [0.29, 0.717) is 17.7 Å². The third kappa shape index (κ3) is 2.81. The molecule has 0 N–H and O–H groups in total. The number of methoxy groups -OCH3 is 1. The van der Waals surface area contributed by atoms with E-state index in [1.807, 2.05) is 13.0 Å². The van der Waals surface area contributed by atoms with Gasteiger partial charge in [0.15, 0.2) is 0 Å². The Morgan fingerprint density at radius 2 is 2.10 bits per heavy atom. The fourth-order valence-corrected chi connectivity index (χ4v) is 2.55. The normalized spacial score (nSPS) is 14.7. The van der Waals surface area contributed by atoms with Crippen LogP contribution in [-0.4, -0.2) is 23.3 Å². The summed E-state index contributed by atoms with van der Waals surface area (Å²) in [6, 6.07) is 3.51. The van der Waals surface area contributed by atoms with Crippen LogP contribution in [0, 0.1) is 12.7 Å². The minimum Gasteiger partial charge on any atom is -0.385 e. The topological polar surface area (TPSA) is 27.1 Å². The average Bonchev–Trinajstić information content (AvgIpc) is 2.75. The van der Waals surface area contributed by atoms with E-state index in [0.717, 1.165) is 17.8 Å². The van der Waals surface area contributed by atoms with E-state index in [1.54, 1.807) is 14.0 Å². The zero-order valence-corrected chi connectivity index (χ0v) is 13.0. The number of aromatic nitrogens is 2. The van der Waals surface area contributed by atoms with E-state index in [1.165, 1.54) is 6.07 Å². The summed E-state index contributed by atoms with van der Waals surface area (Å²) < 4.78 is 20.9. The molecule has 0 aliphatic rings. The number of rotatable bonds is 5. The quantitative estimate of drug-likeness (QED) is 0.766. The van der Waals surface area contributed by atoms with Crippen LogP contribution in [0.15, 0.2) is 12.1 Å². The number of alkyl halides is 1. The first kappa shape index (κ1) is 15.3. The monoisotopic (exact) mass is 298 g/mol. The van der Waals surface area contributed by atoms with Gasteiger partial charge in [-0.2, -0.15) is 0 Å². The Labute approximate surface area is 123 Å². The number of hydrogen-bond acceptors (Lipinski definition) is 2. The van der Waals surface area contributed by atoms with E-state index >= 15 is 0 Å². The Bertz CT molecular complexity index is 609. The molecule has 0 saturated heterocycles. The zero-order valence-electron chi connectivity index (χ0n) is 12.3. The van der Waals surface area contributed by atoms with Crippen molar-refractivity contribution in [2.75, 3.05) is 13.7 Å². The molecule has 2 rings (SSSR count). The summed E-state index contributed by atoms with van der Waals surface area (Å²) in [5.74, 6) is 0.538. The third-order valence-corrected chi connectivity index (χ3v) is 3.73. The van der Waals surface area contributed by atoms with Crippen molar-refractivity contribution >= 4 is 22.6 Å². The molecule has 0 aliphatic carbocycles. The number of halogens is 2. The number of aryl methyl sites for hydroxylation is 1. The summed E-state index contributed by atoms with van der Waals surface area (Å²) in [6.07, 6.45) is 0.856. The predicted molar refractivity (Wildman–Crippen MR) is 79.9 cm³/mol. The van der Waals surface area contributed by atoms with Gasteiger partial charge in [0.25, 0.3) is 0 Å². The highest BCUT2D eigenvalue weighted by Gasteiger charge is 2.20. The molecule has 0 spiro atoms. The SMILES string of the molecule is COCCC(C)n1c(C(C)Cl)nc2cc(F)c(C)cc21. The van der Waals surface area contributed by atoms with Gasteiger partial charge in [-0.05, 0) is 38.8 Å². The number of ether oxygens (including phenoxy) is 1. The van der Waals surface area contributed by atoms with Crippen LogP contribution < -0.4 is 0 Å². The van der Waals surface area contributed by atoms with Gasteiger partial charge in [0, 0.05) is 25.8 Å². The summed E-state index contributed by atoms with van der Waals surface area (Å²) >= 11 is 6.23. The molecule has 20 heavy (non-hydrogen) atoms. The van der Waals surface area contributed by atoms with Gasteiger partial charge in [-0.3, -0.25) is 0 Å². The van der Waals surface area contributed by atoms with Gasteiger partial charge in [-0.15, -0.1) is 11.6 Å². The summed E-state index contributed by atoms with van der Waals surface area (Å²) in [6.45, 7) is 6.40. The van der Waals surface area contributed by atoms with Gasteiger partial charge < -0.3 is 9.30 Å².